The zero-order valence-corrected chi connectivity index (χ0v) is 37.1. The molecule has 318 valence electrons. The van der Waals surface area contributed by atoms with E-state index < -0.39 is 36.1 Å². The Morgan fingerprint density at radius 3 is 2.04 bits per heavy atom. The van der Waals surface area contributed by atoms with Gasteiger partial charge in [-0.25, -0.2) is 0 Å². The molecule has 2 N–H and O–H groups in total. The first-order chi connectivity index (χ1) is 26.2. The van der Waals surface area contributed by atoms with Gasteiger partial charge in [-0.1, -0.05) is 106 Å². The monoisotopic (exact) mass is 785 g/mol. The molecule has 1 aliphatic rings. The minimum atomic E-state index is -0.696. The SMILES string of the molecule is CC[C@H](C)[C@@H]([C@@H](CC(=O)N1CCC[C@H]1[C@H](OC)[C@@H](C)C(=O)N[C@@H](Cc1ccccc1)C(=O)CC(C)(C)C)OC)N(C)C(=O)[C@@H](CC(=O)[C@@H](NC)C(C)C)C(C)C. The normalized spacial score (nSPS) is 19.1. The third-order valence-electron chi connectivity index (χ3n) is 11.8. The lowest BCUT2D eigenvalue weighted by Gasteiger charge is -2.41. The smallest absolute Gasteiger partial charge is 0.226 e. The van der Waals surface area contributed by atoms with Gasteiger partial charge in [0.15, 0.2) is 11.6 Å². The number of hydrogen-bond acceptors (Lipinski definition) is 8. The lowest BCUT2D eigenvalue weighted by molar-refractivity contribution is -0.149. The molecular weight excluding hydrogens is 709 g/mol. The molecule has 3 amide bonds. The van der Waals surface area contributed by atoms with E-state index in [0.29, 0.717) is 25.8 Å². The largest absolute Gasteiger partial charge is 0.379 e. The van der Waals surface area contributed by atoms with E-state index in [1.807, 2.05) is 83.7 Å². The number of Topliss-reactive ketones (excluding diaryl/α,β-unsaturated/α-hetero) is 2. The van der Waals surface area contributed by atoms with Crippen LogP contribution >= 0.6 is 0 Å². The number of carbonyl (C=O) groups is 5. The molecule has 1 fully saturated rings. The number of ether oxygens (including phenoxy) is 2. The van der Waals surface area contributed by atoms with Gasteiger partial charge in [0.2, 0.25) is 17.7 Å². The summed E-state index contributed by atoms with van der Waals surface area (Å²) in [6.07, 6.45) is 1.84. The molecule has 9 atom stereocenters. The van der Waals surface area contributed by atoms with Gasteiger partial charge in [0.05, 0.1) is 48.7 Å². The summed E-state index contributed by atoms with van der Waals surface area (Å²) in [4.78, 5) is 72.9. The summed E-state index contributed by atoms with van der Waals surface area (Å²) < 4.78 is 12.1. The van der Waals surface area contributed by atoms with Gasteiger partial charge in [-0.3, -0.25) is 24.0 Å². The number of ketones is 2. The van der Waals surface area contributed by atoms with Crippen LogP contribution < -0.4 is 10.6 Å². The molecule has 0 aliphatic carbocycles. The van der Waals surface area contributed by atoms with Gasteiger partial charge in [-0.2, -0.15) is 0 Å². The molecule has 2 rings (SSSR count). The topological polar surface area (TPSA) is 134 Å². The third kappa shape index (κ3) is 13.8. The molecule has 56 heavy (non-hydrogen) atoms. The predicted molar refractivity (Wildman–Crippen MR) is 223 cm³/mol. The van der Waals surface area contributed by atoms with Gasteiger partial charge in [-0.05, 0) is 55.0 Å². The van der Waals surface area contributed by atoms with Crippen LogP contribution in [-0.2, 0) is 39.9 Å². The van der Waals surface area contributed by atoms with Gasteiger partial charge in [0, 0.05) is 46.6 Å². The number of likely N-dealkylation sites (N-methyl/N-ethyl adjacent to an activating group) is 2. The third-order valence-corrected chi connectivity index (χ3v) is 11.8. The highest BCUT2D eigenvalue weighted by atomic mass is 16.5. The van der Waals surface area contributed by atoms with Crippen molar-refractivity contribution in [1.82, 2.24) is 20.4 Å². The fourth-order valence-corrected chi connectivity index (χ4v) is 8.43. The molecule has 11 nitrogen and oxygen atoms in total. The van der Waals surface area contributed by atoms with Gasteiger partial charge < -0.3 is 29.9 Å². The molecule has 1 aromatic carbocycles. The average Bonchev–Trinajstić information content (AvgIpc) is 3.62. The van der Waals surface area contributed by atoms with E-state index in [0.717, 1.165) is 18.4 Å². The molecule has 1 aromatic rings. The Kier molecular flexibility index (Phi) is 19.9. The quantitative estimate of drug-likeness (QED) is 0.136. The maximum atomic E-state index is 14.3. The maximum Gasteiger partial charge on any atom is 0.226 e. The van der Waals surface area contributed by atoms with E-state index in [2.05, 4.69) is 24.5 Å². The number of amides is 3. The van der Waals surface area contributed by atoms with Crippen LogP contribution in [0.4, 0.5) is 0 Å². The van der Waals surface area contributed by atoms with Crippen LogP contribution in [0.15, 0.2) is 30.3 Å². The minimum Gasteiger partial charge on any atom is -0.379 e. The Morgan fingerprint density at radius 2 is 1.54 bits per heavy atom. The number of likely N-dealkylation sites (tertiary alicyclic amines) is 1. The number of methoxy groups -OCH3 is 2. The number of carbonyl (C=O) groups excluding carboxylic acids is 5. The first-order valence-electron chi connectivity index (χ1n) is 20.9. The molecule has 11 heteroatoms. The summed E-state index contributed by atoms with van der Waals surface area (Å²) in [5, 5.41) is 6.17. The van der Waals surface area contributed by atoms with Crippen molar-refractivity contribution >= 4 is 29.3 Å². The summed E-state index contributed by atoms with van der Waals surface area (Å²) in [6, 6.07) is 7.87. The Balaban J connectivity index is 2.31. The van der Waals surface area contributed by atoms with Crippen LogP contribution in [0.3, 0.4) is 0 Å². The molecule has 0 saturated carbocycles. The fraction of sp³-hybridized carbons (Fsp3) is 0.756. The van der Waals surface area contributed by atoms with Crippen molar-refractivity contribution < 1.29 is 33.4 Å². The number of nitrogens with zero attached hydrogens (tertiary/aromatic N) is 2. The van der Waals surface area contributed by atoms with Crippen molar-refractivity contribution in [3.8, 4) is 0 Å². The van der Waals surface area contributed by atoms with E-state index in [-0.39, 0.29) is 77.4 Å². The second kappa shape index (κ2) is 22.7. The Morgan fingerprint density at radius 1 is 0.911 bits per heavy atom. The fourth-order valence-electron chi connectivity index (χ4n) is 8.43. The lowest BCUT2D eigenvalue weighted by atomic mass is 9.84. The Bertz CT molecular complexity index is 1410. The van der Waals surface area contributed by atoms with Crippen LogP contribution in [0, 0.1) is 35.0 Å². The zero-order chi connectivity index (χ0) is 42.5. The van der Waals surface area contributed by atoms with Crippen molar-refractivity contribution in [3.63, 3.8) is 0 Å². The number of hydrogen-bond donors (Lipinski definition) is 2. The second-order valence-electron chi connectivity index (χ2n) is 18.1. The molecule has 0 aromatic heterocycles. The summed E-state index contributed by atoms with van der Waals surface area (Å²) in [5.41, 5.74) is 0.720. The van der Waals surface area contributed by atoms with Crippen LogP contribution in [-0.4, -0.2) is 110 Å². The predicted octanol–water partition coefficient (Wildman–Crippen LogP) is 6.11. The summed E-state index contributed by atoms with van der Waals surface area (Å²) in [5.74, 6) is -1.71. The number of nitrogens with one attached hydrogen (secondary N) is 2. The maximum absolute atomic E-state index is 14.3. The van der Waals surface area contributed by atoms with Crippen LogP contribution in [0.25, 0.3) is 0 Å². The highest BCUT2D eigenvalue weighted by molar-refractivity contribution is 5.91. The molecule has 0 bridgehead atoms. The summed E-state index contributed by atoms with van der Waals surface area (Å²) in [6.45, 7) is 20.4. The molecule has 0 radical (unpaired) electrons. The summed E-state index contributed by atoms with van der Waals surface area (Å²) in [7, 11) is 6.68. The van der Waals surface area contributed by atoms with Crippen molar-refractivity contribution in [1.29, 1.82) is 0 Å². The van der Waals surface area contributed by atoms with E-state index in [4.69, 9.17) is 9.47 Å². The summed E-state index contributed by atoms with van der Waals surface area (Å²) >= 11 is 0. The average molecular weight is 785 g/mol. The van der Waals surface area contributed by atoms with E-state index in [9.17, 15) is 24.0 Å². The molecule has 1 heterocycles. The number of rotatable bonds is 23. The second-order valence-corrected chi connectivity index (χ2v) is 18.1. The highest BCUT2D eigenvalue weighted by Gasteiger charge is 2.43. The van der Waals surface area contributed by atoms with Crippen molar-refractivity contribution in [3.05, 3.63) is 35.9 Å². The Hall–Kier alpha value is -3.15. The standard InChI is InChI=1S/C45H76N4O7/c1-15-30(6)41(48(12)44(54)33(28(2)3)25-36(50)40(46-11)29(4)5)38(55-13)26-39(52)49-23-19-22-35(49)42(56-14)31(7)43(53)47-34(37(51)27-45(8,9)10)24-32-20-17-16-18-21-32/h16-18,20-21,28-31,33-35,38,40-42,46H,15,19,22-27H2,1-14H3,(H,47,53)/t30-,31+,33-,34-,35-,38+,40-,41-,42+/m0/s1. The molecule has 0 spiro atoms. The van der Waals surface area contributed by atoms with E-state index in [1.54, 1.807) is 40.1 Å². The van der Waals surface area contributed by atoms with Crippen molar-refractivity contribution in [2.75, 3.05) is 34.9 Å². The van der Waals surface area contributed by atoms with Crippen LogP contribution in [0.1, 0.15) is 113 Å². The van der Waals surface area contributed by atoms with Crippen LogP contribution in [0.5, 0.6) is 0 Å². The van der Waals surface area contributed by atoms with E-state index >= 15 is 0 Å². The first kappa shape index (κ1) is 49.0. The highest BCUT2D eigenvalue weighted by Crippen LogP contribution is 2.31. The van der Waals surface area contributed by atoms with Gasteiger partial charge in [0.1, 0.15) is 0 Å². The van der Waals surface area contributed by atoms with Crippen molar-refractivity contribution in [2.24, 2.45) is 35.0 Å². The van der Waals surface area contributed by atoms with Crippen LogP contribution in [0.2, 0.25) is 0 Å². The lowest BCUT2D eigenvalue weighted by Crippen LogP contribution is -2.55. The Labute approximate surface area is 338 Å². The zero-order valence-electron chi connectivity index (χ0n) is 37.1. The minimum absolute atomic E-state index is 0.000534. The molecule has 0 unspecified atom stereocenters. The van der Waals surface area contributed by atoms with E-state index in [1.165, 1.54) is 0 Å². The molecule has 1 saturated heterocycles. The molecule has 1 aliphatic heterocycles. The van der Waals surface area contributed by atoms with Crippen molar-refractivity contribution in [2.45, 2.75) is 151 Å². The van der Waals surface area contributed by atoms with Gasteiger partial charge >= 0.3 is 0 Å². The molecular formula is C45H76N4O7. The van der Waals surface area contributed by atoms with Gasteiger partial charge in [-0.15, -0.1) is 0 Å². The number of benzene rings is 1. The van der Waals surface area contributed by atoms with Gasteiger partial charge in [0.25, 0.3) is 0 Å². The first-order valence-corrected chi connectivity index (χ1v) is 20.9.